The van der Waals surface area contributed by atoms with Crippen LogP contribution in [0.15, 0.2) is 18.5 Å². The quantitative estimate of drug-likeness (QED) is 0.686. The molecule has 3 heteroatoms. The van der Waals surface area contributed by atoms with Crippen LogP contribution in [-0.4, -0.2) is 18.1 Å². The van der Waals surface area contributed by atoms with Crippen LogP contribution in [0.2, 0.25) is 5.02 Å². The van der Waals surface area contributed by atoms with Gasteiger partial charge in [-0.2, -0.15) is 0 Å². The minimum atomic E-state index is 0.580. The first kappa shape index (κ1) is 7.07. The van der Waals surface area contributed by atoms with Gasteiger partial charge in [0.05, 0.1) is 0 Å². The second-order valence-corrected chi connectivity index (χ2v) is 3.16. The van der Waals surface area contributed by atoms with Crippen LogP contribution in [0.4, 0.5) is 0 Å². The maximum Gasteiger partial charge on any atom is 0.0472 e. The molecule has 2 heterocycles. The third kappa shape index (κ3) is 1.24. The summed E-state index contributed by atoms with van der Waals surface area (Å²) >= 11 is 5.96. The lowest BCUT2D eigenvalue weighted by molar-refractivity contribution is 0.447. The molecule has 11 heavy (non-hydrogen) atoms. The molecule has 0 unspecified atom stereocenters. The Morgan fingerprint density at radius 2 is 2.36 bits per heavy atom. The molecular formula is C8H9ClN2. The molecule has 2 nitrogen and oxygen atoms in total. The standard InChI is InChI=1S/C8H9ClN2/c9-8-1-2-10-5-7(8)6-3-11-4-6/h1-2,5-6,11H,3-4H2. The van der Waals surface area contributed by atoms with Gasteiger partial charge in [-0.15, -0.1) is 0 Å². The molecular weight excluding hydrogens is 160 g/mol. The van der Waals surface area contributed by atoms with Crippen LogP contribution in [0.1, 0.15) is 11.5 Å². The highest BCUT2D eigenvalue weighted by atomic mass is 35.5. The Hall–Kier alpha value is -0.600. The van der Waals surface area contributed by atoms with Crippen LogP contribution < -0.4 is 5.32 Å². The average Bonchev–Trinajstić information content (AvgIpc) is 1.90. The zero-order valence-electron chi connectivity index (χ0n) is 6.05. The summed E-state index contributed by atoms with van der Waals surface area (Å²) in [7, 11) is 0. The third-order valence-corrected chi connectivity index (χ3v) is 2.36. The van der Waals surface area contributed by atoms with Crippen molar-refractivity contribution in [2.24, 2.45) is 0 Å². The predicted octanol–water partition coefficient (Wildman–Crippen LogP) is 1.42. The molecule has 1 aliphatic rings. The average molecular weight is 169 g/mol. The SMILES string of the molecule is Clc1ccncc1C1CNC1. The topological polar surface area (TPSA) is 24.9 Å². The van der Waals surface area contributed by atoms with Gasteiger partial charge in [-0.05, 0) is 11.6 Å². The number of rotatable bonds is 1. The lowest BCUT2D eigenvalue weighted by Gasteiger charge is -2.27. The maximum absolute atomic E-state index is 5.96. The van der Waals surface area contributed by atoms with E-state index in [9.17, 15) is 0 Å². The molecule has 1 fully saturated rings. The molecule has 1 saturated heterocycles. The summed E-state index contributed by atoms with van der Waals surface area (Å²) < 4.78 is 0. The smallest absolute Gasteiger partial charge is 0.0472 e. The Bertz CT molecular complexity index is 258. The van der Waals surface area contributed by atoms with E-state index in [0.717, 1.165) is 18.1 Å². The number of pyridine rings is 1. The fraction of sp³-hybridized carbons (Fsp3) is 0.375. The molecule has 0 bridgehead atoms. The second kappa shape index (κ2) is 2.80. The van der Waals surface area contributed by atoms with Crippen molar-refractivity contribution < 1.29 is 0 Å². The minimum absolute atomic E-state index is 0.580. The van der Waals surface area contributed by atoms with Crippen LogP contribution >= 0.6 is 11.6 Å². The summed E-state index contributed by atoms with van der Waals surface area (Å²) in [6, 6.07) is 1.84. The number of hydrogen-bond acceptors (Lipinski definition) is 2. The zero-order chi connectivity index (χ0) is 7.68. The van der Waals surface area contributed by atoms with Gasteiger partial charge in [0.1, 0.15) is 0 Å². The van der Waals surface area contributed by atoms with E-state index >= 15 is 0 Å². The van der Waals surface area contributed by atoms with Crippen molar-refractivity contribution in [3.05, 3.63) is 29.0 Å². The summed E-state index contributed by atoms with van der Waals surface area (Å²) in [6.45, 7) is 2.07. The highest BCUT2D eigenvalue weighted by Crippen LogP contribution is 2.25. The molecule has 0 spiro atoms. The van der Waals surface area contributed by atoms with Crippen molar-refractivity contribution >= 4 is 11.6 Å². The minimum Gasteiger partial charge on any atom is -0.315 e. The number of nitrogens with zero attached hydrogens (tertiary/aromatic N) is 1. The fourth-order valence-corrected chi connectivity index (χ4v) is 1.46. The Balaban J connectivity index is 2.28. The van der Waals surface area contributed by atoms with E-state index in [2.05, 4.69) is 10.3 Å². The molecule has 1 N–H and O–H groups in total. The number of nitrogens with one attached hydrogen (secondary N) is 1. The number of halogens is 1. The molecule has 58 valence electrons. The molecule has 1 aromatic heterocycles. The van der Waals surface area contributed by atoms with Crippen LogP contribution in [0, 0.1) is 0 Å². The molecule has 0 aromatic carbocycles. The van der Waals surface area contributed by atoms with Gasteiger partial charge in [0, 0.05) is 36.4 Å². The van der Waals surface area contributed by atoms with Gasteiger partial charge in [-0.25, -0.2) is 0 Å². The van der Waals surface area contributed by atoms with Crippen molar-refractivity contribution in [3.8, 4) is 0 Å². The van der Waals surface area contributed by atoms with E-state index in [0.29, 0.717) is 5.92 Å². The van der Waals surface area contributed by atoms with Crippen LogP contribution in [-0.2, 0) is 0 Å². The summed E-state index contributed by atoms with van der Waals surface area (Å²) in [6.07, 6.45) is 3.58. The molecule has 1 aromatic rings. The Labute approximate surface area is 70.6 Å². The van der Waals surface area contributed by atoms with Crippen molar-refractivity contribution in [2.45, 2.75) is 5.92 Å². The normalized spacial score (nSPS) is 17.9. The van der Waals surface area contributed by atoms with E-state index in [-0.39, 0.29) is 0 Å². The summed E-state index contributed by atoms with van der Waals surface area (Å²) in [4.78, 5) is 4.04. The molecule has 0 saturated carbocycles. The highest BCUT2D eigenvalue weighted by molar-refractivity contribution is 6.31. The molecule has 1 aliphatic heterocycles. The van der Waals surface area contributed by atoms with E-state index in [4.69, 9.17) is 11.6 Å². The van der Waals surface area contributed by atoms with Crippen LogP contribution in [0.5, 0.6) is 0 Å². The molecule has 2 rings (SSSR count). The number of hydrogen-bond donors (Lipinski definition) is 1. The monoisotopic (exact) mass is 168 g/mol. The van der Waals surface area contributed by atoms with Crippen LogP contribution in [0.3, 0.4) is 0 Å². The fourth-order valence-electron chi connectivity index (χ4n) is 1.20. The third-order valence-electron chi connectivity index (χ3n) is 2.02. The van der Waals surface area contributed by atoms with E-state index < -0.39 is 0 Å². The molecule has 0 aliphatic carbocycles. The Kier molecular flexibility index (Phi) is 1.80. The molecule has 0 amide bonds. The van der Waals surface area contributed by atoms with Gasteiger partial charge < -0.3 is 5.32 Å². The van der Waals surface area contributed by atoms with E-state index in [1.54, 1.807) is 6.20 Å². The zero-order valence-corrected chi connectivity index (χ0v) is 6.80. The largest absolute Gasteiger partial charge is 0.315 e. The van der Waals surface area contributed by atoms with Crippen molar-refractivity contribution in [1.82, 2.24) is 10.3 Å². The van der Waals surface area contributed by atoms with E-state index in [1.807, 2.05) is 12.3 Å². The summed E-state index contributed by atoms with van der Waals surface area (Å²) in [5.41, 5.74) is 1.17. The Morgan fingerprint density at radius 1 is 1.55 bits per heavy atom. The second-order valence-electron chi connectivity index (χ2n) is 2.75. The van der Waals surface area contributed by atoms with Crippen LogP contribution in [0.25, 0.3) is 0 Å². The van der Waals surface area contributed by atoms with Gasteiger partial charge in [0.25, 0.3) is 0 Å². The summed E-state index contributed by atoms with van der Waals surface area (Å²) in [5.74, 6) is 0.580. The highest BCUT2D eigenvalue weighted by Gasteiger charge is 2.20. The summed E-state index contributed by atoms with van der Waals surface area (Å²) in [5, 5.41) is 4.04. The van der Waals surface area contributed by atoms with Gasteiger partial charge in [-0.1, -0.05) is 11.6 Å². The first-order valence-electron chi connectivity index (χ1n) is 3.68. The van der Waals surface area contributed by atoms with Gasteiger partial charge in [-0.3, -0.25) is 4.98 Å². The predicted molar refractivity (Wildman–Crippen MR) is 44.9 cm³/mol. The molecule has 0 radical (unpaired) electrons. The molecule has 0 atom stereocenters. The lowest BCUT2D eigenvalue weighted by Crippen LogP contribution is -2.40. The van der Waals surface area contributed by atoms with E-state index in [1.165, 1.54) is 5.56 Å². The Morgan fingerprint density at radius 3 is 2.91 bits per heavy atom. The van der Waals surface area contributed by atoms with Gasteiger partial charge in [0.15, 0.2) is 0 Å². The first-order valence-corrected chi connectivity index (χ1v) is 4.06. The van der Waals surface area contributed by atoms with Crippen molar-refractivity contribution in [2.75, 3.05) is 13.1 Å². The van der Waals surface area contributed by atoms with Gasteiger partial charge in [0.2, 0.25) is 0 Å². The lowest BCUT2D eigenvalue weighted by atomic mass is 9.95. The van der Waals surface area contributed by atoms with Crippen molar-refractivity contribution in [1.29, 1.82) is 0 Å². The number of aromatic nitrogens is 1. The van der Waals surface area contributed by atoms with Gasteiger partial charge >= 0.3 is 0 Å². The first-order chi connectivity index (χ1) is 5.38. The maximum atomic E-state index is 5.96. The van der Waals surface area contributed by atoms with Crippen molar-refractivity contribution in [3.63, 3.8) is 0 Å².